The summed E-state index contributed by atoms with van der Waals surface area (Å²) in [6, 6.07) is 13.9. The Labute approximate surface area is 166 Å². The maximum absolute atomic E-state index is 12.9. The van der Waals surface area contributed by atoms with Crippen LogP contribution in [0.1, 0.15) is 31.7 Å². The molecule has 1 atom stereocenters. The Morgan fingerprint density at radius 2 is 1.75 bits per heavy atom. The summed E-state index contributed by atoms with van der Waals surface area (Å²) in [5.41, 5.74) is 1.27. The van der Waals surface area contributed by atoms with Crippen LogP contribution in [0.4, 0.5) is 5.69 Å². The number of carbonyl (C=O) groups excluding carboxylic acids is 1. The predicted octanol–water partition coefficient (Wildman–Crippen LogP) is 3.58. The van der Waals surface area contributed by atoms with E-state index in [9.17, 15) is 13.2 Å². The highest BCUT2D eigenvalue weighted by atomic mass is 32.2. The van der Waals surface area contributed by atoms with Gasteiger partial charge in [0, 0.05) is 18.8 Å². The molecular weight excluding hydrogens is 376 g/mol. The number of anilines is 1. The van der Waals surface area contributed by atoms with E-state index < -0.39 is 16.1 Å². The maximum atomic E-state index is 12.9. The molecular formula is C21H26N2O4S. The van der Waals surface area contributed by atoms with Gasteiger partial charge in [-0.1, -0.05) is 30.7 Å². The lowest BCUT2D eigenvalue weighted by Crippen LogP contribution is -2.35. The number of nitrogens with one attached hydrogen (secondary N) is 1. The van der Waals surface area contributed by atoms with E-state index >= 15 is 0 Å². The molecule has 2 aromatic rings. The summed E-state index contributed by atoms with van der Waals surface area (Å²) in [5.74, 6) is 0.266. The molecule has 1 aliphatic heterocycles. The van der Waals surface area contributed by atoms with Crippen molar-refractivity contribution in [2.45, 2.75) is 44.1 Å². The van der Waals surface area contributed by atoms with Crippen LogP contribution in [-0.2, 0) is 14.8 Å². The smallest absolute Gasteiger partial charge is 0.265 e. The number of amides is 1. The first kappa shape index (κ1) is 20.4. The van der Waals surface area contributed by atoms with Gasteiger partial charge in [0.2, 0.25) is 10.0 Å². The van der Waals surface area contributed by atoms with Crippen LogP contribution >= 0.6 is 0 Å². The molecule has 0 aliphatic carbocycles. The summed E-state index contributed by atoms with van der Waals surface area (Å²) in [6.07, 6.45) is 2.09. The minimum atomic E-state index is -3.56. The van der Waals surface area contributed by atoms with E-state index in [1.807, 2.05) is 25.1 Å². The third-order valence-corrected chi connectivity index (χ3v) is 6.74. The number of sulfonamides is 1. The van der Waals surface area contributed by atoms with Crippen LogP contribution in [0.3, 0.4) is 0 Å². The number of nitrogens with zero attached hydrogens (tertiary/aromatic N) is 1. The van der Waals surface area contributed by atoms with Gasteiger partial charge in [-0.2, -0.15) is 4.31 Å². The second kappa shape index (κ2) is 8.75. The van der Waals surface area contributed by atoms with Crippen molar-refractivity contribution in [3.63, 3.8) is 0 Å². The number of ether oxygens (including phenoxy) is 1. The lowest BCUT2D eigenvalue weighted by molar-refractivity contribution is -0.122. The van der Waals surface area contributed by atoms with Crippen molar-refractivity contribution < 1.29 is 17.9 Å². The van der Waals surface area contributed by atoms with Crippen molar-refractivity contribution in [3.05, 3.63) is 54.1 Å². The number of rotatable bonds is 6. The molecule has 3 rings (SSSR count). The van der Waals surface area contributed by atoms with E-state index in [4.69, 9.17) is 4.74 Å². The molecule has 2 aromatic carbocycles. The summed E-state index contributed by atoms with van der Waals surface area (Å²) in [5, 5.41) is 2.80. The van der Waals surface area contributed by atoms with Crippen molar-refractivity contribution in [3.8, 4) is 5.75 Å². The Balaban J connectivity index is 1.75. The minimum absolute atomic E-state index is 0.201. The first-order chi connectivity index (χ1) is 13.4. The van der Waals surface area contributed by atoms with Gasteiger partial charge in [-0.15, -0.1) is 0 Å². The molecule has 1 aliphatic rings. The zero-order valence-electron chi connectivity index (χ0n) is 16.2. The SMILES string of the molecule is Cc1ccc(S(=O)(=O)N2CCCCC2)cc1NC(=O)C(C)Oc1ccccc1. The molecule has 28 heavy (non-hydrogen) atoms. The van der Waals surface area contributed by atoms with E-state index in [0.717, 1.165) is 24.8 Å². The van der Waals surface area contributed by atoms with Crippen LogP contribution in [0.5, 0.6) is 5.75 Å². The van der Waals surface area contributed by atoms with Gasteiger partial charge in [0.15, 0.2) is 6.10 Å². The Morgan fingerprint density at radius 1 is 1.07 bits per heavy atom. The first-order valence-electron chi connectivity index (χ1n) is 9.51. The molecule has 0 radical (unpaired) electrons. The molecule has 0 aromatic heterocycles. The standard InChI is InChI=1S/C21H26N2O4S/c1-16-11-12-19(28(25,26)23-13-7-4-8-14-23)15-20(16)22-21(24)17(2)27-18-9-5-3-6-10-18/h3,5-6,9-12,15,17H,4,7-8,13-14H2,1-2H3,(H,22,24). The van der Waals surface area contributed by atoms with Gasteiger partial charge in [-0.05, 0) is 56.5 Å². The van der Waals surface area contributed by atoms with Gasteiger partial charge in [-0.25, -0.2) is 8.42 Å². The average Bonchev–Trinajstić information content (AvgIpc) is 2.71. The zero-order chi connectivity index (χ0) is 20.1. The van der Waals surface area contributed by atoms with Crippen LogP contribution in [0.25, 0.3) is 0 Å². The Hall–Kier alpha value is -2.38. The molecule has 7 heteroatoms. The van der Waals surface area contributed by atoms with Gasteiger partial charge in [0.05, 0.1) is 4.90 Å². The second-order valence-electron chi connectivity index (χ2n) is 7.00. The number of piperidine rings is 1. The fraction of sp³-hybridized carbons (Fsp3) is 0.381. The number of hydrogen-bond acceptors (Lipinski definition) is 4. The lowest BCUT2D eigenvalue weighted by Gasteiger charge is -2.26. The molecule has 0 saturated carbocycles. The van der Waals surface area contributed by atoms with Crippen molar-refractivity contribution in [2.75, 3.05) is 18.4 Å². The Kier molecular flexibility index (Phi) is 6.36. The fourth-order valence-corrected chi connectivity index (χ4v) is 4.69. The van der Waals surface area contributed by atoms with Crippen molar-refractivity contribution in [1.29, 1.82) is 0 Å². The molecule has 6 nitrogen and oxygen atoms in total. The van der Waals surface area contributed by atoms with E-state index in [1.165, 1.54) is 10.4 Å². The highest BCUT2D eigenvalue weighted by molar-refractivity contribution is 7.89. The Morgan fingerprint density at radius 3 is 2.43 bits per heavy atom. The van der Waals surface area contributed by atoms with Crippen molar-refractivity contribution >= 4 is 21.6 Å². The summed E-state index contributed by atoms with van der Waals surface area (Å²) >= 11 is 0. The van der Waals surface area contributed by atoms with Gasteiger partial charge >= 0.3 is 0 Å². The number of carbonyl (C=O) groups is 1. The quantitative estimate of drug-likeness (QED) is 0.801. The summed E-state index contributed by atoms with van der Waals surface area (Å²) in [4.78, 5) is 12.7. The molecule has 1 heterocycles. The molecule has 0 bridgehead atoms. The second-order valence-corrected chi connectivity index (χ2v) is 8.94. The number of para-hydroxylation sites is 1. The van der Waals surface area contributed by atoms with E-state index in [1.54, 1.807) is 31.2 Å². The van der Waals surface area contributed by atoms with Crippen LogP contribution in [0, 0.1) is 6.92 Å². The third-order valence-electron chi connectivity index (χ3n) is 4.85. The monoisotopic (exact) mass is 402 g/mol. The van der Waals surface area contributed by atoms with Gasteiger partial charge in [0.1, 0.15) is 5.75 Å². The molecule has 150 valence electrons. The zero-order valence-corrected chi connectivity index (χ0v) is 17.0. The molecule has 1 fully saturated rings. The minimum Gasteiger partial charge on any atom is -0.481 e. The normalized spacial score (nSPS) is 16.4. The fourth-order valence-electron chi connectivity index (χ4n) is 3.14. The molecule has 1 saturated heterocycles. The van der Waals surface area contributed by atoms with Gasteiger partial charge in [-0.3, -0.25) is 4.79 Å². The van der Waals surface area contributed by atoms with E-state index in [2.05, 4.69) is 5.32 Å². The van der Waals surface area contributed by atoms with Crippen LogP contribution in [-0.4, -0.2) is 37.8 Å². The average molecular weight is 403 g/mol. The summed E-state index contributed by atoms with van der Waals surface area (Å²) in [7, 11) is -3.56. The predicted molar refractivity (Wildman–Crippen MR) is 109 cm³/mol. The Bertz CT molecular complexity index is 923. The first-order valence-corrected chi connectivity index (χ1v) is 11.0. The third kappa shape index (κ3) is 4.72. The van der Waals surface area contributed by atoms with Crippen molar-refractivity contribution in [1.82, 2.24) is 4.31 Å². The molecule has 1 N–H and O–H groups in total. The number of aryl methyl sites for hydroxylation is 1. The highest BCUT2D eigenvalue weighted by Crippen LogP contribution is 2.25. The lowest BCUT2D eigenvalue weighted by atomic mass is 10.2. The molecule has 1 amide bonds. The van der Waals surface area contributed by atoms with Gasteiger partial charge < -0.3 is 10.1 Å². The van der Waals surface area contributed by atoms with Crippen molar-refractivity contribution in [2.24, 2.45) is 0 Å². The van der Waals surface area contributed by atoms with Gasteiger partial charge in [0.25, 0.3) is 5.91 Å². The topological polar surface area (TPSA) is 75.7 Å². The summed E-state index contributed by atoms with van der Waals surface area (Å²) < 4.78 is 33.0. The van der Waals surface area contributed by atoms with Crippen LogP contribution in [0.15, 0.2) is 53.4 Å². The highest BCUT2D eigenvalue weighted by Gasteiger charge is 2.26. The summed E-state index contributed by atoms with van der Waals surface area (Å²) in [6.45, 7) is 4.57. The number of benzene rings is 2. The van der Waals surface area contributed by atoms with Crippen LogP contribution in [0.2, 0.25) is 0 Å². The maximum Gasteiger partial charge on any atom is 0.265 e. The number of hydrogen-bond donors (Lipinski definition) is 1. The van der Waals surface area contributed by atoms with Crippen LogP contribution < -0.4 is 10.1 Å². The largest absolute Gasteiger partial charge is 0.481 e. The van der Waals surface area contributed by atoms with E-state index in [-0.39, 0.29) is 10.8 Å². The molecule has 0 spiro atoms. The van der Waals surface area contributed by atoms with E-state index in [0.29, 0.717) is 24.5 Å². The molecule has 1 unspecified atom stereocenters.